The van der Waals surface area contributed by atoms with Gasteiger partial charge in [0.15, 0.2) is 11.2 Å². The Labute approximate surface area is 147 Å². The summed E-state index contributed by atoms with van der Waals surface area (Å²) in [5.41, 5.74) is 2.03. The van der Waals surface area contributed by atoms with Crippen LogP contribution in [-0.2, 0) is 11.3 Å². The number of aromatic nitrogens is 5. The number of carboxylic acids is 1. The van der Waals surface area contributed by atoms with Crippen molar-refractivity contribution >= 4 is 40.5 Å². The molecule has 0 bridgehead atoms. The lowest BCUT2D eigenvalue weighted by atomic mass is 10.2. The molecule has 124 valence electrons. The molecular weight excluding hydrogens is 350 g/mol. The number of thioether (sulfide) groups is 1. The highest BCUT2D eigenvalue weighted by atomic mass is 35.5. The van der Waals surface area contributed by atoms with E-state index in [-0.39, 0.29) is 0 Å². The zero-order chi connectivity index (χ0) is 17.1. The van der Waals surface area contributed by atoms with Gasteiger partial charge in [0, 0.05) is 5.02 Å². The molecule has 24 heavy (non-hydrogen) atoms. The molecule has 2 aromatic heterocycles. The fraction of sp³-hybridized carbons (Fsp3) is 0.267. The number of rotatable bonds is 6. The first-order valence-corrected chi connectivity index (χ1v) is 8.50. The minimum Gasteiger partial charge on any atom is -0.549 e. The summed E-state index contributed by atoms with van der Waals surface area (Å²) in [4.78, 5) is 19.5. The summed E-state index contributed by atoms with van der Waals surface area (Å²) in [6.45, 7) is 2.26. The summed E-state index contributed by atoms with van der Waals surface area (Å²) >= 11 is 6.99. The molecule has 0 amide bonds. The third kappa shape index (κ3) is 3.49. The fourth-order valence-electron chi connectivity index (χ4n) is 2.16. The predicted octanol–water partition coefficient (Wildman–Crippen LogP) is 1.54. The number of benzene rings is 1. The molecule has 2 heterocycles. The van der Waals surface area contributed by atoms with E-state index < -0.39 is 11.2 Å². The van der Waals surface area contributed by atoms with E-state index in [1.165, 1.54) is 6.33 Å². The second-order valence-corrected chi connectivity index (χ2v) is 6.69. The van der Waals surface area contributed by atoms with E-state index >= 15 is 0 Å². The van der Waals surface area contributed by atoms with Crippen LogP contribution in [0.1, 0.15) is 18.9 Å². The van der Waals surface area contributed by atoms with Crippen molar-refractivity contribution in [3.63, 3.8) is 0 Å². The Bertz CT molecular complexity index is 868. The van der Waals surface area contributed by atoms with Crippen LogP contribution < -0.4 is 5.11 Å². The van der Waals surface area contributed by atoms with Crippen molar-refractivity contribution in [2.45, 2.75) is 30.2 Å². The van der Waals surface area contributed by atoms with Crippen LogP contribution >= 0.6 is 23.4 Å². The first-order chi connectivity index (χ1) is 11.6. The maximum absolute atomic E-state index is 11.1. The number of aliphatic carboxylic acids is 1. The number of nitrogens with zero attached hydrogens (tertiary/aromatic N) is 5. The van der Waals surface area contributed by atoms with E-state index in [1.54, 1.807) is 23.7 Å². The van der Waals surface area contributed by atoms with Crippen LogP contribution in [0.2, 0.25) is 5.02 Å². The van der Waals surface area contributed by atoms with Crippen LogP contribution in [0.4, 0.5) is 0 Å². The molecule has 1 atom stereocenters. The van der Waals surface area contributed by atoms with Gasteiger partial charge in [-0.15, -0.1) is 5.10 Å². The Morgan fingerprint density at radius 1 is 1.33 bits per heavy atom. The van der Waals surface area contributed by atoms with Gasteiger partial charge in [-0.1, -0.05) is 47.6 Å². The van der Waals surface area contributed by atoms with Crippen LogP contribution in [0.3, 0.4) is 0 Å². The molecular formula is C15H13ClN5O2S-. The Morgan fingerprint density at radius 2 is 2.08 bits per heavy atom. The van der Waals surface area contributed by atoms with Crippen LogP contribution in [0.5, 0.6) is 0 Å². The number of hydrogen-bond acceptors (Lipinski definition) is 7. The second-order valence-electron chi connectivity index (χ2n) is 5.06. The third-order valence-electron chi connectivity index (χ3n) is 3.40. The van der Waals surface area contributed by atoms with Gasteiger partial charge in [0.1, 0.15) is 11.4 Å². The maximum Gasteiger partial charge on any atom is 0.183 e. The lowest BCUT2D eigenvalue weighted by molar-refractivity contribution is -0.304. The van der Waals surface area contributed by atoms with Gasteiger partial charge in [0.2, 0.25) is 0 Å². The van der Waals surface area contributed by atoms with Crippen molar-refractivity contribution in [3.05, 3.63) is 41.2 Å². The summed E-state index contributed by atoms with van der Waals surface area (Å²) in [6, 6.07) is 7.40. The maximum atomic E-state index is 11.1. The zero-order valence-electron chi connectivity index (χ0n) is 12.7. The highest BCUT2D eigenvalue weighted by Gasteiger charge is 2.17. The number of carboxylic acid groups (broad SMARTS) is 1. The van der Waals surface area contributed by atoms with E-state index in [0.29, 0.717) is 34.2 Å². The van der Waals surface area contributed by atoms with Gasteiger partial charge in [-0.25, -0.2) is 14.6 Å². The summed E-state index contributed by atoms with van der Waals surface area (Å²) in [5, 5.41) is 19.8. The number of fused-ring (bicyclic) bond motifs is 1. The Balaban J connectivity index is 1.91. The van der Waals surface area contributed by atoms with E-state index in [0.717, 1.165) is 17.3 Å². The van der Waals surface area contributed by atoms with Gasteiger partial charge in [0.05, 0.1) is 17.8 Å². The minimum atomic E-state index is -1.12. The average molecular weight is 363 g/mol. The van der Waals surface area contributed by atoms with Gasteiger partial charge >= 0.3 is 0 Å². The topological polar surface area (TPSA) is 96.6 Å². The SMILES string of the molecule is CC[C@@H](Sc1ncnc2c1nnn2Cc1ccc(Cl)cc1)C(=O)[O-]. The van der Waals surface area contributed by atoms with Gasteiger partial charge < -0.3 is 9.90 Å². The molecule has 9 heteroatoms. The lowest BCUT2D eigenvalue weighted by Crippen LogP contribution is -2.33. The monoisotopic (exact) mass is 362 g/mol. The van der Waals surface area contributed by atoms with E-state index in [2.05, 4.69) is 20.3 Å². The minimum absolute atomic E-state index is 0.428. The van der Waals surface area contributed by atoms with Crippen LogP contribution in [-0.4, -0.2) is 36.2 Å². The number of halogens is 1. The zero-order valence-corrected chi connectivity index (χ0v) is 14.3. The van der Waals surface area contributed by atoms with Crippen molar-refractivity contribution in [1.29, 1.82) is 0 Å². The number of carbonyl (C=O) groups excluding carboxylic acids is 1. The molecule has 3 aromatic rings. The molecule has 1 aromatic carbocycles. The third-order valence-corrected chi connectivity index (χ3v) is 4.98. The van der Waals surface area contributed by atoms with Gasteiger partial charge in [-0.2, -0.15) is 0 Å². The van der Waals surface area contributed by atoms with Crippen LogP contribution in [0.25, 0.3) is 11.2 Å². The molecule has 0 aliphatic rings. The highest BCUT2D eigenvalue weighted by molar-refractivity contribution is 8.00. The van der Waals surface area contributed by atoms with Crippen molar-refractivity contribution in [2.75, 3.05) is 0 Å². The standard InChI is InChI=1S/C15H14ClN5O2S/c1-2-11(15(22)23)24-14-12-13(17-8-18-14)21(20-19-12)7-9-3-5-10(16)6-4-9/h3-6,8,11H,2,7H2,1H3,(H,22,23)/p-1/t11-/m1/s1. The Hall–Kier alpha value is -2.19. The van der Waals surface area contributed by atoms with E-state index in [1.807, 2.05) is 12.1 Å². The molecule has 0 saturated carbocycles. The number of hydrogen-bond donors (Lipinski definition) is 0. The molecule has 0 radical (unpaired) electrons. The summed E-state index contributed by atoms with van der Waals surface area (Å²) < 4.78 is 1.64. The molecule has 0 unspecified atom stereocenters. The average Bonchev–Trinajstić information content (AvgIpc) is 2.98. The summed E-state index contributed by atoms with van der Waals surface area (Å²) in [6.07, 6.45) is 1.81. The lowest BCUT2D eigenvalue weighted by Gasteiger charge is -2.14. The van der Waals surface area contributed by atoms with Crippen molar-refractivity contribution in [3.8, 4) is 0 Å². The molecule has 0 spiro atoms. The summed E-state index contributed by atoms with van der Waals surface area (Å²) in [5.74, 6) is -1.12. The molecule has 0 aliphatic heterocycles. The Kier molecular flexibility index (Phi) is 4.96. The molecule has 0 saturated heterocycles. The largest absolute Gasteiger partial charge is 0.549 e. The van der Waals surface area contributed by atoms with Crippen molar-refractivity contribution in [1.82, 2.24) is 25.0 Å². The smallest absolute Gasteiger partial charge is 0.183 e. The molecule has 3 rings (SSSR count). The first kappa shape index (κ1) is 16.7. The van der Waals surface area contributed by atoms with Crippen LogP contribution in [0.15, 0.2) is 35.6 Å². The van der Waals surface area contributed by atoms with E-state index in [9.17, 15) is 9.90 Å². The normalized spacial score (nSPS) is 12.4. The second kappa shape index (κ2) is 7.14. The van der Waals surface area contributed by atoms with Gasteiger partial charge in [-0.05, 0) is 24.1 Å². The first-order valence-electron chi connectivity index (χ1n) is 7.24. The number of carbonyl (C=O) groups is 1. The highest BCUT2D eigenvalue weighted by Crippen LogP contribution is 2.28. The summed E-state index contributed by atoms with van der Waals surface area (Å²) in [7, 11) is 0. The Morgan fingerprint density at radius 3 is 2.75 bits per heavy atom. The molecule has 0 fully saturated rings. The predicted molar refractivity (Wildman–Crippen MR) is 88.6 cm³/mol. The molecule has 0 N–H and O–H groups in total. The van der Waals surface area contributed by atoms with Gasteiger partial charge in [-0.3, -0.25) is 0 Å². The van der Waals surface area contributed by atoms with Gasteiger partial charge in [0.25, 0.3) is 0 Å². The van der Waals surface area contributed by atoms with Crippen molar-refractivity contribution in [2.24, 2.45) is 0 Å². The van der Waals surface area contributed by atoms with Crippen molar-refractivity contribution < 1.29 is 9.90 Å². The van der Waals surface area contributed by atoms with Crippen LogP contribution in [0, 0.1) is 0 Å². The molecule has 0 aliphatic carbocycles. The van der Waals surface area contributed by atoms with E-state index in [4.69, 9.17) is 11.6 Å². The fourth-order valence-corrected chi connectivity index (χ4v) is 3.17. The molecule has 7 nitrogen and oxygen atoms in total. The quantitative estimate of drug-likeness (QED) is 0.484.